The van der Waals surface area contributed by atoms with Gasteiger partial charge in [0.1, 0.15) is 0 Å². The lowest BCUT2D eigenvalue weighted by Gasteiger charge is -2.58. The maximum Gasteiger partial charge on any atom is 0.312 e. The molecule has 4 saturated carbocycles. The van der Waals surface area contributed by atoms with Gasteiger partial charge >= 0.3 is 5.97 Å². The Morgan fingerprint density at radius 2 is 1.77 bits per heavy atom. The van der Waals surface area contributed by atoms with Crippen LogP contribution in [-0.2, 0) is 24.3 Å². The summed E-state index contributed by atoms with van der Waals surface area (Å²) in [5.74, 6) is 0.0314. The zero-order chi connectivity index (χ0) is 27.6. The third-order valence-electron chi connectivity index (χ3n) is 9.21. The molecule has 10 heteroatoms. The molecule has 39 heavy (non-hydrogen) atoms. The summed E-state index contributed by atoms with van der Waals surface area (Å²) in [5.41, 5.74) is 1.04. The molecule has 7 rings (SSSR count). The second-order valence-electron chi connectivity index (χ2n) is 12.1. The molecule has 4 bridgehead atoms. The molecule has 210 valence electrons. The summed E-state index contributed by atoms with van der Waals surface area (Å²) in [5, 5.41) is 11.0. The minimum absolute atomic E-state index is 0.188. The fraction of sp³-hybridized carbons (Fsp3) is 0.586. The number of morpholine rings is 1. The molecule has 0 spiro atoms. The number of carbonyl (C=O) groups is 2. The van der Waals surface area contributed by atoms with Crippen molar-refractivity contribution in [1.82, 2.24) is 8.87 Å². The monoisotopic (exact) mass is 556 g/mol. The molecule has 1 saturated heterocycles. The summed E-state index contributed by atoms with van der Waals surface area (Å²) in [6.45, 7) is 4.67. The van der Waals surface area contributed by atoms with E-state index in [1.165, 1.54) is 4.31 Å². The van der Waals surface area contributed by atoms with Crippen molar-refractivity contribution in [2.45, 2.75) is 62.9 Å². The number of nitrogens with zero attached hydrogens (tertiary/aromatic N) is 2. The first-order valence-electron chi connectivity index (χ1n) is 13.8. The van der Waals surface area contributed by atoms with Crippen LogP contribution in [0.4, 0.5) is 0 Å². The lowest BCUT2D eigenvalue weighted by Crippen LogP contribution is -2.58. The average molecular weight is 557 g/mol. The molecule has 5 fully saturated rings. The van der Waals surface area contributed by atoms with E-state index in [2.05, 4.69) is 0 Å². The standard InChI is InChI=1S/C29H36N2O7S/c1-19-10-25(26(32)17-38-27(33)28-13-21-11-22(14-28)16-29(34,15-21)18-28)20(2)31(19)23-4-3-5-24(12-23)39(35,36)30-6-8-37-9-7-30/h3-5,10,12,21-22,34H,6-9,11,13-18H2,1-2H3/t21-,22-,28?,29?/m1/s1. The Morgan fingerprint density at radius 1 is 1.08 bits per heavy atom. The zero-order valence-corrected chi connectivity index (χ0v) is 23.3. The summed E-state index contributed by atoms with van der Waals surface area (Å²) in [7, 11) is -3.67. The fourth-order valence-electron chi connectivity index (χ4n) is 7.98. The summed E-state index contributed by atoms with van der Waals surface area (Å²) in [4.78, 5) is 26.7. The van der Waals surface area contributed by atoms with Crippen LogP contribution in [0.5, 0.6) is 0 Å². The Labute approximate surface area is 229 Å². The summed E-state index contributed by atoms with van der Waals surface area (Å²) in [6.07, 6.45) is 4.49. The predicted octanol–water partition coefficient (Wildman–Crippen LogP) is 3.17. The van der Waals surface area contributed by atoms with Crippen LogP contribution in [-0.4, -0.2) is 72.7 Å². The maximum atomic E-state index is 13.3. The van der Waals surface area contributed by atoms with Crippen LogP contribution in [0.3, 0.4) is 0 Å². The number of ether oxygens (including phenoxy) is 2. The van der Waals surface area contributed by atoms with Crippen LogP contribution < -0.4 is 0 Å². The molecular weight excluding hydrogens is 520 g/mol. The lowest BCUT2D eigenvalue weighted by atomic mass is 9.48. The number of esters is 1. The topological polar surface area (TPSA) is 115 Å². The number of carbonyl (C=O) groups excluding carboxylic acids is 2. The van der Waals surface area contributed by atoms with Gasteiger partial charge in [-0.3, -0.25) is 9.59 Å². The quantitative estimate of drug-likeness (QED) is 0.412. The Hall–Kier alpha value is -2.53. The van der Waals surface area contributed by atoms with E-state index in [1.807, 2.05) is 17.6 Å². The molecule has 2 atom stereocenters. The number of aliphatic hydroxyl groups is 1. The molecule has 1 aliphatic heterocycles. The van der Waals surface area contributed by atoms with Crippen molar-refractivity contribution in [3.63, 3.8) is 0 Å². The van der Waals surface area contributed by atoms with Crippen molar-refractivity contribution < 1.29 is 32.6 Å². The van der Waals surface area contributed by atoms with Crippen molar-refractivity contribution in [2.75, 3.05) is 32.9 Å². The SMILES string of the molecule is Cc1cc(C(=O)COC(=O)C23C[C@H]4C[C@@H](CC(O)(C4)C2)C3)c(C)n1-c1cccc(S(=O)(=O)N2CCOCC2)c1. The van der Waals surface area contributed by atoms with Gasteiger partial charge in [-0.05, 0) is 88.5 Å². The van der Waals surface area contributed by atoms with Crippen LogP contribution in [0.1, 0.15) is 60.3 Å². The van der Waals surface area contributed by atoms with E-state index in [1.54, 1.807) is 31.2 Å². The molecule has 4 aliphatic carbocycles. The van der Waals surface area contributed by atoms with Gasteiger partial charge in [-0.15, -0.1) is 0 Å². The minimum Gasteiger partial charge on any atom is -0.457 e. The van der Waals surface area contributed by atoms with Gasteiger partial charge in [0.05, 0.1) is 29.1 Å². The number of aromatic nitrogens is 1. The van der Waals surface area contributed by atoms with Gasteiger partial charge in [-0.1, -0.05) is 6.07 Å². The third kappa shape index (κ3) is 4.65. The van der Waals surface area contributed by atoms with E-state index in [4.69, 9.17) is 9.47 Å². The number of aryl methyl sites for hydroxylation is 1. The normalized spacial score (nSPS) is 30.4. The Bertz CT molecular complexity index is 1410. The van der Waals surface area contributed by atoms with Crippen LogP contribution in [0.15, 0.2) is 35.2 Å². The van der Waals surface area contributed by atoms with Crippen molar-refractivity contribution in [2.24, 2.45) is 17.3 Å². The number of ketones is 1. The molecule has 2 heterocycles. The highest BCUT2D eigenvalue weighted by Crippen LogP contribution is 2.62. The first kappa shape index (κ1) is 26.7. The third-order valence-corrected chi connectivity index (χ3v) is 11.1. The average Bonchev–Trinajstić information content (AvgIpc) is 3.19. The highest BCUT2D eigenvalue weighted by atomic mass is 32.2. The first-order valence-corrected chi connectivity index (χ1v) is 15.2. The van der Waals surface area contributed by atoms with E-state index in [0.717, 1.165) is 37.8 Å². The zero-order valence-electron chi connectivity index (χ0n) is 22.5. The molecule has 0 amide bonds. The molecule has 0 unspecified atom stereocenters. The van der Waals surface area contributed by atoms with E-state index in [-0.39, 0.29) is 23.3 Å². The van der Waals surface area contributed by atoms with E-state index >= 15 is 0 Å². The van der Waals surface area contributed by atoms with Crippen LogP contribution in [0.2, 0.25) is 0 Å². The van der Waals surface area contributed by atoms with Crippen molar-refractivity contribution in [3.05, 3.63) is 47.3 Å². The van der Waals surface area contributed by atoms with Gasteiger partial charge < -0.3 is 19.1 Å². The van der Waals surface area contributed by atoms with Crippen molar-refractivity contribution in [1.29, 1.82) is 0 Å². The highest BCUT2D eigenvalue weighted by molar-refractivity contribution is 7.89. The lowest BCUT2D eigenvalue weighted by molar-refractivity contribution is -0.195. The van der Waals surface area contributed by atoms with E-state index in [0.29, 0.717) is 61.5 Å². The molecule has 1 aromatic carbocycles. The first-order chi connectivity index (χ1) is 18.5. The molecule has 0 radical (unpaired) electrons. The van der Waals surface area contributed by atoms with Gasteiger partial charge in [-0.2, -0.15) is 4.31 Å². The van der Waals surface area contributed by atoms with E-state index in [9.17, 15) is 23.1 Å². The number of Topliss-reactive ketones (excluding diaryl/α,β-unsaturated/α-hetero) is 1. The van der Waals surface area contributed by atoms with Crippen molar-refractivity contribution in [3.8, 4) is 5.69 Å². The number of benzene rings is 1. The molecule has 1 aromatic heterocycles. The van der Waals surface area contributed by atoms with Crippen LogP contribution in [0, 0.1) is 31.1 Å². The number of hydrogen-bond donors (Lipinski definition) is 1. The number of rotatable bonds is 7. The Kier molecular flexibility index (Phi) is 6.53. The smallest absolute Gasteiger partial charge is 0.312 e. The molecule has 5 aliphatic rings. The van der Waals surface area contributed by atoms with Gasteiger partial charge in [0.15, 0.2) is 6.61 Å². The predicted molar refractivity (Wildman–Crippen MR) is 142 cm³/mol. The maximum absolute atomic E-state index is 13.3. The van der Waals surface area contributed by atoms with Crippen LogP contribution >= 0.6 is 0 Å². The number of hydrogen-bond acceptors (Lipinski definition) is 7. The molecule has 2 aromatic rings. The Balaban J connectivity index is 1.19. The van der Waals surface area contributed by atoms with E-state index < -0.39 is 21.0 Å². The van der Waals surface area contributed by atoms with Gasteiger partial charge in [0.2, 0.25) is 15.8 Å². The minimum atomic E-state index is -3.67. The summed E-state index contributed by atoms with van der Waals surface area (Å²) in [6, 6.07) is 8.46. The fourth-order valence-corrected chi connectivity index (χ4v) is 9.42. The largest absolute Gasteiger partial charge is 0.457 e. The van der Waals surface area contributed by atoms with Crippen LogP contribution in [0.25, 0.3) is 5.69 Å². The van der Waals surface area contributed by atoms with Crippen molar-refractivity contribution >= 4 is 21.8 Å². The summed E-state index contributed by atoms with van der Waals surface area (Å²) < 4.78 is 40.6. The highest BCUT2D eigenvalue weighted by Gasteiger charge is 2.61. The summed E-state index contributed by atoms with van der Waals surface area (Å²) >= 11 is 0. The molecule has 1 N–H and O–H groups in total. The molecule has 9 nitrogen and oxygen atoms in total. The van der Waals surface area contributed by atoms with Gasteiger partial charge in [0, 0.05) is 35.7 Å². The number of sulfonamides is 1. The second kappa shape index (κ2) is 9.54. The Morgan fingerprint density at radius 3 is 2.44 bits per heavy atom. The molecular formula is C29H36N2O7S. The van der Waals surface area contributed by atoms with Gasteiger partial charge in [-0.25, -0.2) is 8.42 Å². The second-order valence-corrected chi connectivity index (χ2v) is 14.0. The van der Waals surface area contributed by atoms with Gasteiger partial charge in [0.25, 0.3) is 0 Å².